The van der Waals surface area contributed by atoms with Crippen molar-refractivity contribution in [3.63, 3.8) is 0 Å². The fourth-order valence-electron chi connectivity index (χ4n) is 2.42. The molecule has 20 heavy (non-hydrogen) atoms. The molecule has 1 rings (SSSR count). The zero-order chi connectivity index (χ0) is 15.6. The van der Waals surface area contributed by atoms with E-state index >= 15 is 0 Å². The van der Waals surface area contributed by atoms with Gasteiger partial charge in [0.15, 0.2) is 0 Å². The minimum Gasteiger partial charge on any atom is -0.389 e. The third-order valence-electron chi connectivity index (χ3n) is 2.70. The van der Waals surface area contributed by atoms with Crippen LogP contribution in [-0.4, -0.2) is 21.4 Å². The molecule has 0 aliphatic heterocycles. The summed E-state index contributed by atoms with van der Waals surface area (Å²) in [6.45, 7) is 10.5. The molecule has 0 spiro atoms. The number of aromatic nitrogens is 1. The molecule has 0 saturated carbocycles. The monoisotopic (exact) mass is 293 g/mol. The van der Waals surface area contributed by atoms with Crippen LogP contribution >= 0.6 is 12.2 Å². The summed E-state index contributed by atoms with van der Waals surface area (Å²) < 4.78 is 0. The fraction of sp³-hybridized carbons (Fsp3) is 0.533. The fourth-order valence-corrected chi connectivity index (χ4v) is 2.54. The van der Waals surface area contributed by atoms with E-state index in [2.05, 4.69) is 31.1 Å². The van der Waals surface area contributed by atoms with Crippen LogP contribution in [0.1, 0.15) is 57.1 Å². The average Bonchev–Trinajstić information content (AvgIpc) is 2.24. The molecular formula is C15H23N3OS. The van der Waals surface area contributed by atoms with Gasteiger partial charge in [-0.25, -0.2) is 0 Å². The summed E-state index contributed by atoms with van der Waals surface area (Å²) in [5, 5.41) is 3.01. The van der Waals surface area contributed by atoms with Crippen LogP contribution in [0.5, 0.6) is 0 Å². The van der Waals surface area contributed by atoms with Crippen molar-refractivity contribution < 1.29 is 4.79 Å². The molecule has 110 valence electrons. The molecule has 0 unspecified atom stereocenters. The molecule has 1 aromatic rings. The third-order valence-corrected chi connectivity index (χ3v) is 2.94. The first-order chi connectivity index (χ1) is 9.00. The Hall–Kier alpha value is -1.49. The Bertz CT molecular complexity index is 501. The van der Waals surface area contributed by atoms with Crippen LogP contribution in [0.4, 0.5) is 0 Å². The summed E-state index contributed by atoms with van der Waals surface area (Å²) in [6, 6.07) is 3.35. The molecule has 0 fully saturated rings. The number of nitrogens with two attached hydrogens (primary N) is 1. The van der Waals surface area contributed by atoms with Gasteiger partial charge in [0, 0.05) is 17.3 Å². The van der Waals surface area contributed by atoms with Gasteiger partial charge in [-0.1, -0.05) is 33.0 Å². The molecule has 5 heteroatoms. The van der Waals surface area contributed by atoms with Gasteiger partial charge in [0.1, 0.15) is 10.7 Å². The van der Waals surface area contributed by atoms with Gasteiger partial charge >= 0.3 is 0 Å². The summed E-state index contributed by atoms with van der Waals surface area (Å²) in [4.78, 5) is 16.6. The smallest absolute Gasteiger partial charge is 0.270 e. The molecule has 3 N–H and O–H groups in total. The molecule has 0 atom stereocenters. The molecule has 0 aliphatic rings. The van der Waals surface area contributed by atoms with Crippen molar-refractivity contribution in [1.29, 1.82) is 0 Å². The van der Waals surface area contributed by atoms with Crippen LogP contribution in [0.25, 0.3) is 0 Å². The number of nitrogens with zero attached hydrogens (tertiary/aromatic N) is 1. The summed E-state index contributed by atoms with van der Waals surface area (Å²) in [6.07, 6.45) is 2.39. The minimum atomic E-state index is -0.293. The van der Waals surface area contributed by atoms with Gasteiger partial charge in [0.2, 0.25) is 0 Å². The second-order valence-corrected chi connectivity index (χ2v) is 7.31. The van der Waals surface area contributed by atoms with Crippen molar-refractivity contribution in [3.8, 4) is 0 Å². The highest BCUT2D eigenvalue weighted by atomic mass is 32.1. The van der Waals surface area contributed by atoms with E-state index in [0.29, 0.717) is 11.3 Å². The van der Waals surface area contributed by atoms with Crippen molar-refractivity contribution in [3.05, 3.63) is 29.6 Å². The molecule has 4 nitrogen and oxygen atoms in total. The van der Waals surface area contributed by atoms with Crippen LogP contribution in [0, 0.1) is 5.41 Å². The van der Waals surface area contributed by atoms with E-state index in [1.807, 2.05) is 13.8 Å². The van der Waals surface area contributed by atoms with Crippen molar-refractivity contribution in [2.75, 3.05) is 0 Å². The molecule has 0 aliphatic carbocycles. The van der Waals surface area contributed by atoms with Gasteiger partial charge in [0.05, 0.1) is 0 Å². The Morgan fingerprint density at radius 3 is 2.30 bits per heavy atom. The van der Waals surface area contributed by atoms with Crippen LogP contribution < -0.4 is 11.1 Å². The number of thiocarbonyl (C=S) groups is 1. The van der Waals surface area contributed by atoms with Gasteiger partial charge in [-0.2, -0.15) is 0 Å². The molecule has 1 heterocycles. The van der Waals surface area contributed by atoms with Crippen molar-refractivity contribution in [2.24, 2.45) is 11.1 Å². The molecule has 1 amide bonds. The van der Waals surface area contributed by atoms with Crippen LogP contribution in [0.15, 0.2) is 18.3 Å². The highest BCUT2D eigenvalue weighted by Gasteiger charge is 2.27. The molecular weight excluding hydrogens is 270 g/mol. The lowest BCUT2D eigenvalue weighted by molar-refractivity contribution is 0.0886. The maximum atomic E-state index is 12.2. The first-order valence-corrected chi connectivity index (χ1v) is 6.99. The zero-order valence-corrected chi connectivity index (χ0v) is 13.6. The first kappa shape index (κ1) is 16.6. The molecule has 0 bridgehead atoms. The molecule has 0 saturated heterocycles. The Labute approximate surface area is 126 Å². The number of hydrogen-bond acceptors (Lipinski definition) is 3. The SMILES string of the molecule is CC(C)(C)CC(C)(C)NC(=O)c1ccc(C(N)=S)cn1. The standard InChI is InChI=1S/C15H23N3OS/c1-14(2,3)9-15(4,5)18-13(19)11-7-6-10(8-17-11)12(16)20/h6-8H,9H2,1-5H3,(H2,16,20)(H,18,19). The van der Waals surface area contributed by atoms with Crippen LogP contribution in [0.2, 0.25) is 0 Å². The Morgan fingerprint density at radius 1 is 1.30 bits per heavy atom. The van der Waals surface area contributed by atoms with E-state index in [1.165, 1.54) is 6.20 Å². The van der Waals surface area contributed by atoms with E-state index in [0.717, 1.165) is 6.42 Å². The minimum absolute atomic E-state index is 0.139. The maximum absolute atomic E-state index is 12.2. The van der Waals surface area contributed by atoms with Gasteiger partial charge in [-0.05, 0) is 37.8 Å². The molecule has 0 radical (unpaired) electrons. The van der Waals surface area contributed by atoms with Crippen molar-refractivity contribution >= 4 is 23.1 Å². The van der Waals surface area contributed by atoms with E-state index in [1.54, 1.807) is 12.1 Å². The van der Waals surface area contributed by atoms with Crippen LogP contribution in [-0.2, 0) is 0 Å². The van der Waals surface area contributed by atoms with Gasteiger partial charge in [-0.15, -0.1) is 0 Å². The maximum Gasteiger partial charge on any atom is 0.270 e. The largest absolute Gasteiger partial charge is 0.389 e. The summed E-state index contributed by atoms with van der Waals surface area (Å²) in [5.41, 5.74) is 6.37. The second-order valence-electron chi connectivity index (χ2n) is 6.87. The summed E-state index contributed by atoms with van der Waals surface area (Å²) >= 11 is 4.86. The number of rotatable bonds is 4. The quantitative estimate of drug-likeness (QED) is 0.838. The summed E-state index contributed by atoms with van der Waals surface area (Å²) in [7, 11) is 0. The lowest BCUT2D eigenvalue weighted by Gasteiger charge is -2.33. The predicted molar refractivity (Wildman–Crippen MR) is 85.7 cm³/mol. The Balaban J connectivity index is 2.78. The van der Waals surface area contributed by atoms with E-state index in [-0.39, 0.29) is 21.8 Å². The highest BCUT2D eigenvalue weighted by molar-refractivity contribution is 7.80. The van der Waals surface area contributed by atoms with Crippen molar-refractivity contribution in [1.82, 2.24) is 10.3 Å². The lowest BCUT2D eigenvalue weighted by Crippen LogP contribution is -2.46. The first-order valence-electron chi connectivity index (χ1n) is 6.59. The van der Waals surface area contributed by atoms with Gasteiger partial charge in [-0.3, -0.25) is 9.78 Å². The zero-order valence-electron chi connectivity index (χ0n) is 12.8. The predicted octanol–water partition coefficient (Wildman–Crippen LogP) is 2.66. The van der Waals surface area contributed by atoms with Gasteiger partial charge in [0.25, 0.3) is 5.91 Å². The molecule has 1 aromatic heterocycles. The number of carbonyl (C=O) groups excluding carboxylic acids is 1. The van der Waals surface area contributed by atoms with Crippen molar-refractivity contribution in [2.45, 2.75) is 46.6 Å². The Morgan fingerprint density at radius 2 is 1.90 bits per heavy atom. The Kier molecular flexibility index (Phi) is 4.86. The topological polar surface area (TPSA) is 68.0 Å². The van der Waals surface area contributed by atoms with Crippen LogP contribution in [0.3, 0.4) is 0 Å². The van der Waals surface area contributed by atoms with Gasteiger partial charge < -0.3 is 11.1 Å². The highest BCUT2D eigenvalue weighted by Crippen LogP contribution is 2.26. The van der Waals surface area contributed by atoms with E-state index in [9.17, 15) is 4.79 Å². The summed E-state index contributed by atoms with van der Waals surface area (Å²) in [5.74, 6) is -0.186. The number of nitrogens with one attached hydrogen (secondary N) is 1. The van der Waals surface area contributed by atoms with E-state index < -0.39 is 0 Å². The lowest BCUT2D eigenvalue weighted by atomic mass is 9.82. The number of carbonyl (C=O) groups is 1. The number of pyridine rings is 1. The normalized spacial score (nSPS) is 12.1. The average molecular weight is 293 g/mol. The number of amides is 1. The molecule has 0 aromatic carbocycles. The van der Waals surface area contributed by atoms with E-state index in [4.69, 9.17) is 18.0 Å². The third kappa shape index (κ3) is 5.25. The number of hydrogen-bond donors (Lipinski definition) is 2. The second kappa shape index (κ2) is 5.87.